The van der Waals surface area contributed by atoms with Gasteiger partial charge in [0.05, 0.1) is 26.9 Å². The number of carbonyl (C=O) groups is 2. The van der Waals surface area contributed by atoms with Crippen LogP contribution in [0.25, 0.3) is 32.6 Å². The van der Waals surface area contributed by atoms with E-state index in [9.17, 15) is 20.0 Å². The summed E-state index contributed by atoms with van der Waals surface area (Å²) in [4.78, 5) is 40.4. The summed E-state index contributed by atoms with van der Waals surface area (Å²) in [6.45, 7) is 7.70. The Hall–Kier alpha value is -4.56. The number of anilines is 2. The molecule has 3 aromatic heterocycles. The SMILES string of the molecule is CCNC(=O)Nc1nc2cc(-c3cnc(N4CCC(CC)(C(=O)O)CC4)c(CC)c3)cc(-c3ccc(C#N)cn3)c2s1. The summed E-state index contributed by atoms with van der Waals surface area (Å²) < 4.78 is 0.870. The van der Waals surface area contributed by atoms with Crippen molar-refractivity contribution < 1.29 is 14.7 Å². The Morgan fingerprint density at radius 1 is 1.10 bits per heavy atom. The normalized spacial score (nSPS) is 14.4. The van der Waals surface area contributed by atoms with Gasteiger partial charge in [-0.05, 0) is 74.1 Å². The molecular weight excluding hydrogens is 550 g/mol. The minimum absolute atomic E-state index is 0.320. The van der Waals surface area contributed by atoms with Gasteiger partial charge in [-0.25, -0.2) is 14.8 Å². The van der Waals surface area contributed by atoms with E-state index >= 15 is 0 Å². The summed E-state index contributed by atoms with van der Waals surface area (Å²) in [5.41, 5.74) is 4.98. The zero-order valence-electron chi connectivity index (χ0n) is 23.9. The van der Waals surface area contributed by atoms with Crippen molar-refractivity contribution in [2.45, 2.75) is 46.5 Å². The number of hydrogen-bond donors (Lipinski definition) is 3. The first-order valence-electron chi connectivity index (χ1n) is 14.1. The zero-order chi connectivity index (χ0) is 29.9. The average molecular weight is 584 g/mol. The first-order valence-corrected chi connectivity index (χ1v) is 15.0. The number of nitrogens with zero attached hydrogens (tertiary/aromatic N) is 5. The highest BCUT2D eigenvalue weighted by Gasteiger charge is 2.40. The van der Waals surface area contributed by atoms with Gasteiger partial charge in [-0.3, -0.25) is 15.1 Å². The third kappa shape index (κ3) is 5.63. The topological polar surface area (TPSA) is 144 Å². The minimum atomic E-state index is -0.710. The second-order valence-electron chi connectivity index (χ2n) is 10.4. The van der Waals surface area contributed by atoms with Crippen LogP contribution in [0.1, 0.15) is 51.2 Å². The highest BCUT2D eigenvalue weighted by atomic mass is 32.1. The van der Waals surface area contributed by atoms with E-state index in [1.165, 1.54) is 11.3 Å². The number of nitriles is 1. The first-order chi connectivity index (χ1) is 20.3. The van der Waals surface area contributed by atoms with E-state index in [4.69, 9.17) is 9.97 Å². The second kappa shape index (κ2) is 12.1. The summed E-state index contributed by atoms with van der Waals surface area (Å²) in [6, 6.07) is 11.5. The predicted octanol–water partition coefficient (Wildman–Crippen LogP) is 6.08. The lowest BCUT2D eigenvalue weighted by Crippen LogP contribution is -2.44. The molecule has 5 rings (SSSR count). The number of carboxylic acids is 1. The molecule has 11 heteroatoms. The molecule has 0 aliphatic carbocycles. The van der Waals surface area contributed by atoms with Crippen LogP contribution < -0.4 is 15.5 Å². The molecule has 2 amide bonds. The van der Waals surface area contributed by atoms with E-state index in [0.717, 1.165) is 39.2 Å². The van der Waals surface area contributed by atoms with Crippen molar-refractivity contribution >= 4 is 44.5 Å². The number of hydrogen-bond acceptors (Lipinski definition) is 8. The lowest BCUT2D eigenvalue weighted by atomic mass is 9.76. The van der Waals surface area contributed by atoms with Gasteiger partial charge < -0.3 is 15.3 Å². The number of aryl methyl sites for hydroxylation is 1. The molecule has 1 saturated heterocycles. The molecular formula is C31H33N7O3S. The van der Waals surface area contributed by atoms with E-state index in [-0.39, 0.29) is 6.03 Å². The molecule has 0 saturated carbocycles. The molecule has 1 aromatic carbocycles. The van der Waals surface area contributed by atoms with Gasteiger partial charge in [-0.15, -0.1) is 0 Å². The Labute approximate surface area is 248 Å². The molecule has 10 nitrogen and oxygen atoms in total. The van der Waals surface area contributed by atoms with Crippen LogP contribution in [0.3, 0.4) is 0 Å². The molecule has 0 atom stereocenters. The van der Waals surface area contributed by atoms with Crippen LogP contribution >= 0.6 is 11.3 Å². The molecule has 4 aromatic rings. The largest absolute Gasteiger partial charge is 0.481 e. The highest BCUT2D eigenvalue weighted by Crippen LogP contribution is 2.40. The number of rotatable bonds is 8. The molecule has 0 unspecified atom stereocenters. The molecule has 42 heavy (non-hydrogen) atoms. The van der Waals surface area contributed by atoms with Crippen LogP contribution in [0, 0.1) is 16.7 Å². The lowest BCUT2D eigenvalue weighted by Gasteiger charge is -2.39. The van der Waals surface area contributed by atoms with Gasteiger partial charge in [-0.1, -0.05) is 25.2 Å². The number of fused-ring (bicyclic) bond motifs is 1. The molecule has 0 spiro atoms. The van der Waals surface area contributed by atoms with E-state index in [1.807, 2.05) is 38.2 Å². The van der Waals surface area contributed by atoms with Gasteiger partial charge in [0.25, 0.3) is 0 Å². The third-order valence-corrected chi connectivity index (χ3v) is 9.04. The van der Waals surface area contributed by atoms with Crippen LogP contribution in [0.4, 0.5) is 15.7 Å². The number of aromatic nitrogens is 3. The summed E-state index contributed by atoms with van der Waals surface area (Å²) in [7, 11) is 0. The number of carboxylic acid groups (broad SMARTS) is 1. The standard InChI is InChI=1S/C31H33N7O3S/c1-4-20-13-22(18-35-27(20)38-11-9-31(5-2,10-12-38)28(39)40)21-14-23(24-8-7-19(16-32)17-34-24)26-25(15-21)36-30(42-26)37-29(41)33-6-3/h7-8,13-15,17-18H,4-6,9-12H2,1-3H3,(H,39,40)(H2,33,36,37,41). The zero-order valence-corrected chi connectivity index (χ0v) is 24.7. The maximum atomic E-state index is 12.2. The van der Waals surface area contributed by atoms with Gasteiger partial charge in [0, 0.05) is 43.2 Å². The fraction of sp³-hybridized carbons (Fsp3) is 0.355. The number of nitrogens with one attached hydrogen (secondary N) is 2. The van der Waals surface area contributed by atoms with Crippen LogP contribution in [0.5, 0.6) is 0 Å². The van der Waals surface area contributed by atoms with Gasteiger partial charge in [0.15, 0.2) is 5.13 Å². The van der Waals surface area contributed by atoms with Gasteiger partial charge in [0.2, 0.25) is 0 Å². The van der Waals surface area contributed by atoms with Gasteiger partial charge >= 0.3 is 12.0 Å². The second-order valence-corrected chi connectivity index (χ2v) is 11.4. The molecule has 1 fully saturated rings. The fourth-order valence-corrected chi connectivity index (χ4v) is 6.40. The van der Waals surface area contributed by atoms with Crippen molar-refractivity contribution in [2.75, 3.05) is 29.9 Å². The minimum Gasteiger partial charge on any atom is -0.481 e. The van der Waals surface area contributed by atoms with Crippen LogP contribution in [-0.4, -0.2) is 51.7 Å². The van der Waals surface area contributed by atoms with Crippen molar-refractivity contribution in [3.8, 4) is 28.5 Å². The number of aliphatic carboxylic acids is 1. The Morgan fingerprint density at radius 2 is 1.88 bits per heavy atom. The molecule has 1 aliphatic rings. The number of urea groups is 1. The van der Waals surface area contributed by atoms with Crippen molar-refractivity contribution in [3.05, 3.63) is 53.9 Å². The Balaban J connectivity index is 1.53. The Bertz CT molecular complexity index is 1670. The van der Waals surface area contributed by atoms with Gasteiger partial charge in [-0.2, -0.15) is 5.26 Å². The highest BCUT2D eigenvalue weighted by molar-refractivity contribution is 7.22. The number of piperidine rings is 1. The van der Waals surface area contributed by atoms with E-state index in [2.05, 4.69) is 39.6 Å². The number of pyridine rings is 2. The summed E-state index contributed by atoms with van der Waals surface area (Å²) in [5, 5.41) is 25.0. The molecule has 0 bridgehead atoms. The van der Waals surface area contributed by atoms with Crippen molar-refractivity contribution in [1.82, 2.24) is 20.3 Å². The summed E-state index contributed by atoms with van der Waals surface area (Å²) in [6.07, 6.45) is 5.99. The number of thiazole rings is 1. The Morgan fingerprint density at radius 3 is 2.50 bits per heavy atom. The predicted molar refractivity (Wildman–Crippen MR) is 165 cm³/mol. The lowest BCUT2D eigenvalue weighted by molar-refractivity contribution is -0.150. The van der Waals surface area contributed by atoms with Crippen molar-refractivity contribution in [1.29, 1.82) is 5.26 Å². The maximum absolute atomic E-state index is 12.2. The quantitative estimate of drug-likeness (QED) is 0.226. The fourth-order valence-electron chi connectivity index (χ4n) is 5.44. The van der Waals surface area contributed by atoms with Crippen molar-refractivity contribution in [3.63, 3.8) is 0 Å². The average Bonchev–Trinajstić information content (AvgIpc) is 3.42. The summed E-state index contributed by atoms with van der Waals surface area (Å²) in [5.74, 6) is 0.187. The van der Waals surface area contributed by atoms with E-state index in [0.29, 0.717) is 60.8 Å². The molecule has 216 valence electrons. The molecule has 4 heterocycles. The van der Waals surface area contributed by atoms with Crippen LogP contribution in [-0.2, 0) is 11.2 Å². The smallest absolute Gasteiger partial charge is 0.321 e. The number of carbonyl (C=O) groups excluding carboxylic acids is 1. The van der Waals surface area contributed by atoms with Crippen LogP contribution in [0.2, 0.25) is 0 Å². The Kier molecular flexibility index (Phi) is 8.36. The third-order valence-electron chi connectivity index (χ3n) is 8.02. The molecule has 3 N–H and O–H groups in total. The number of amides is 2. The molecule has 0 radical (unpaired) electrons. The molecule has 1 aliphatic heterocycles. The van der Waals surface area contributed by atoms with Gasteiger partial charge in [0.1, 0.15) is 11.9 Å². The monoisotopic (exact) mass is 583 g/mol. The van der Waals surface area contributed by atoms with Crippen molar-refractivity contribution in [2.24, 2.45) is 5.41 Å². The first kappa shape index (κ1) is 29.0. The maximum Gasteiger partial charge on any atom is 0.321 e. The number of benzene rings is 1. The van der Waals surface area contributed by atoms with E-state index < -0.39 is 11.4 Å². The van der Waals surface area contributed by atoms with Crippen LogP contribution in [0.15, 0.2) is 42.7 Å². The van der Waals surface area contributed by atoms with E-state index in [1.54, 1.807) is 12.3 Å². The summed E-state index contributed by atoms with van der Waals surface area (Å²) >= 11 is 1.37.